The lowest BCUT2D eigenvalue weighted by atomic mass is 10.1. The number of rotatable bonds is 4. The van der Waals surface area contributed by atoms with Gasteiger partial charge in [0.2, 0.25) is 5.91 Å². The number of hydrogen-bond acceptors (Lipinski definition) is 4. The lowest BCUT2D eigenvalue weighted by Crippen LogP contribution is -2.47. The molecule has 144 valence electrons. The third kappa shape index (κ3) is 4.01. The molecule has 4 rings (SSSR count). The smallest absolute Gasteiger partial charge is 0.272 e. The number of ether oxygens (including phenoxy) is 1. The number of allylic oxidation sites excluding steroid dienone is 2. The predicted molar refractivity (Wildman–Crippen MR) is 98.8 cm³/mol. The van der Waals surface area contributed by atoms with Crippen molar-refractivity contribution >= 4 is 11.8 Å². The molecule has 1 aliphatic carbocycles. The molecule has 28 heavy (non-hydrogen) atoms. The number of carbonyl (C=O) groups excluding carboxylic acids is 2. The minimum absolute atomic E-state index is 0.0836. The molecule has 2 aliphatic rings. The van der Waals surface area contributed by atoms with Gasteiger partial charge in [-0.05, 0) is 36.3 Å². The van der Waals surface area contributed by atoms with Crippen LogP contribution in [0.25, 0.3) is 0 Å². The van der Waals surface area contributed by atoms with Crippen molar-refractivity contribution in [2.45, 2.75) is 25.0 Å². The van der Waals surface area contributed by atoms with Gasteiger partial charge in [-0.15, -0.1) is 0 Å². The Morgan fingerprint density at radius 2 is 2.14 bits per heavy atom. The summed E-state index contributed by atoms with van der Waals surface area (Å²) < 4.78 is 18.7. The molecule has 2 atom stereocenters. The van der Waals surface area contributed by atoms with Crippen molar-refractivity contribution < 1.29 is 18.7 Å². The van der Waals surface area contributed by atoms with Gasteiger partial charge in [0.25, 0.3) is 5.91 Å². The Hall–Kier alpha value is -3.26. The van der Waals surface area contributed by atoms with Crippen molar-refractivity contribution in [3.8, 4) is 0 Å². The summed E-state index contributed by atoms with van der Waals surface area (Å²) in [5.41, 5.74) is 2.47. The van der Waals surface area contributed by atoms with Crippen LogP contribution in [0.5, 0.6) is 0 Å². The van der Waals surface area contributed by atoms with Crippen LogP contribution in [0.4, 0.5) is 4.39 Å². The van der Waals surface area contributed by atoms with E-state index in [0.29, 0.717) is 24.2 Å². The van der Waals surface area contributed by atoms with Gasteiger partial charge < -0.3 is 15.4 Å². The molecule has 8 heteroatoms. The summed E-state index contributed by atoms with van der Waals surface area (Å²) in [6.07, 6.45) is 6.58. The number of hydrogen-bond donors (Lipinski definition) is 3. The van der Waals surface area contributed by atoms with Gasteiger partial charge >= 0.3 is 0 Å². The zero-order valence-corrected chi connectivity index (χ0v) is 14.9. The molecule has 0 spiro atoms. The lowest BCUT2D eigenvalue weighted by Gasteiger charge is -2.18. The van der Waals surface area contributed by atoms with Crippen molar-refractivity contribution in [3.05, 3.63) is 77.0 Å². The number of nitrogens with one attached hydrogen (secondary N) is 3. The van der Waals surface area contributed by atoms with Gasteiger partial charge in [-0.3, -0.25) is 14.7 Å². The number of amides is 2. The Labute approximate surface area is 160 Å². The van der Waals surface area contributed by atoms with E-state index in [-0.39, 0.29) is 30.1 Å². The van der Waals surface area contributed by atoms with Gasteiger partial charge in [0.15, 0.2) is 0 Å². The van der Waals surface area contributed by atoms with E-state index in [1.807, 2.05) is 12.2 Å². The minimum Gasteiger partial charge on any atom is -0.369 e. The summed E-state index contributed by atoms with van der Waals surface area (Å²) >= 11 is 0. The molecule has 3 N–H and O–H groups in total. The predicted octanol–water partition coefficient (Wildman–Crippen LogP) is 1.60. The van der Waals surface area contributed by atoms with Crippen molar-refractivity contribution in [1.82, 2.24) is 20.8 Å². The number of fused-ring (bicyclic) bond motifs is 1. The van der Waals surface area contributed by atoms with Crippen LogP contribution < -0.4 is 10.6 Å². The first-order valence-corrected chi connectivity index (χ1v) is 8.97. The molecule has 2 amide bonds. The van der Waals surface area contributed by atoms with Gasteiger partial charge in [-0.25, -0.2) is 4.39 Å². The third-order valence-corrected chi connectivity index (χ3v) is 4.63. The summed E-state index contributed by atoms with van der Waals surface area (Å²) in [4.78, 5) is 24.9. The molecule has 7 nitrogen and oxygen atoms in total. The highest BCUT2D eigenvalue weighted by atomic mass is 19.1. The summed E-state index contributed by atoms with van der Waals surface area (Å²) in [6, 6.07) is 6.91. The van der Waals surface area contributed by atoms with E-state index in [9.17, 15) is 14.0 Å². The van der Waals surface area contributed by atoms with Crippen LogP contribution in [-0.2, 0) is 16.0 Å². The van der Waals surface area contributed by atoms with Gasteiger partial charge in [0, 0.05) is 17.8 Å². The van der Waals surface area contributed by atoms with E-state index in [1.165, 1.54) is 12.1 Å². The first kappa shape index (κ1) is 18.1. The number of nitrogens with zero attached hydrogens (tertiary/aromatic N) is 1. The standard InChI is InChI=1S/C20H19FN4O3/c21-13-7-5-12(6-8-13)9-14-10-16(25-24-14)19(26)23-17-11-28-18-4-2-1-3-15(18)22-20(17)27/h1-3,5-8,10,17-18H,4,9,11H2,(H,22,27)(H,23,26)(H,24,25)/t17-,18?/m0/s1. The molecule has 1 unspecified atom stereocenters. The summed E-state index contributed by atoms with van der Waals surface area (Å²) in [6.45, 7) is 0.0836. The van der Waals surface area contributed by atoms with Crippen LogP contribution in [0.3, 0.4) is 0 Å². The summed E-state index contributed by atoms with van der Waals surface area (Å²) in [7, 11) is 0. The number of benzene rings is 1. The zero-order valence-electron chi connectivity index (χ0n) is 14.9. The van der Waals surface area contributed by atoms with Crippen LogP contribution in [0.15, 0.2) is 54.3 Å². The first-order chi connectivity index (χ1) is 13.6. The molecule has 1 aromatic carbocycles. The number of H-pyrrole nitrogens is 1. The molecule has 0 saturated carbocycles. The average molecular weight is 382 g/mol. The summed E-state index contributed by atoms with van der Waals surface area (Å²) in [5.74, 6) is -1.09. The maximum Gasteiger partial charge on any atom is 0.272 e. The van der Waals surface area contributed by atoms with Gasteiger partial charge in [0.1, 0.15) is 23.7 Å². The fourth-order valence-corrected chi connectivity index (χ4v) is 3.14. The molecule has 2 heterocycles. The van der Waals surface area contributed by atoms with Crippen molar-refractivity contribution in [3.63, 3.8) is 0 Å². The van der Waals surface area contributed by atoms with Crippen LogP contribution in [0.2, 0.25) is 0 Å². The number of halogens is 1. The van der Waals surface area contributed by atoms with E-state index >= 15 is 0 Å². The largest absolute Gasteiger partial charge is 0.369 e. The second-order valence-electron chi connectivity index (χ2n) is 6.70. The highest BCUT2D eigenvalue weighted by molar-refractivity contribution is 5.96. The maximum absolute atomic E-state index is 13.0. The van der Waals surface area contributed by atoms with Crippen LogP contribution >= 0.6 is 0 Å². The van der Waals surface area contributed by atoms with E-state index in [4.69, 9.17) is 4.74 Å². The second-order valence-corrected chi connectivity index (χ2v) is 6.70. The Morgan fingerprint density at radius 3 is 2.96 bits per heavy atom. The molecule has 1 fully saturated rings. The topological polar surface area (TPSA) is 96.1 Å². The Bertz CT molecular complexity index is 949. The molecule has 0 radical (unpaired) electrons. The van der Waals surface area contributed by atoms with Gasteiger partial charge in [-0.1, -0.05) is 24.3 Å². The fraction of sp³-hybridized carbons (Fsp3) is 0.250. The maximum atomic E-state index is 13.0. The summed E-state index contributed by atoms with van der Waals surface area (Å²) in [5, 5.41) is 12.3. The van der Waals surface area contributed by atoms with Crippen molar-refractivity contribution in [2.24, 2.45) is 0 Å². The molecule has 1 aliphatic heterocycles. The number of aromatic nitrogens is 2. The van der Waals surface area contributed by atoms with Crippen molar-refractivity contribution in [1.29, 1.82) is 0 Å². The van der Waals surface area contributed by atoms with Crippen LogP contribution in [0.1, 0.15) is 28.2 Å². The quantitative estimate of drug-likeness (QED) is 0.748. The van der Waals surface area contributed by atoms with Gasteiger partial charge in [-0.2, -0.15) is 5.10 Å². The second kappa shape index (κ2) is 7.77. The fourth-order valence-electron chi connectivity index (χ4n) is 3.14. The Morgan fingerprint density at radius 1 is 1.32 bits per heavy atom. The zero-order chi connectivity index (χ0) is 19.5. The van der Waals surface area contributed by atoms with E-state index in [0.717, 1.165) is 5.56 Å². The molecule has 0 bridgehead atoms. The average Bonchev–Trinajstić information content (AvgIpc) is 3.10. The Balaban J connectivity index is 1.39. The molecular formula is C20H19FN4O3. The lowest BCUT2D eigenvalue weighted by molar-refractivity contribution is -0.122. The molecule has 2 aromatic rings. The third-order valence-electron chi connectivity index (χ3n) is 4.63. The monoisotopic (exact) mass is 382 g/mol. The van der Waals surface area contributed by atoms with E-state index < -0.39 is 11.9 Å². The SMILES string of the molecule is O=C(N[C@H]1COC2CC=CC=C2NC1=O)c1cc(Cc2ccc(F)cc2)[nH]n1. The van der Waals surface area contributed by atoms with Gasteiger partial charge in [0.05, 0.1) is 6.61 Å². The van der Waals surface area contributed by atoms with E-state index in [1.54, 1.807) is 24.3 Å². The number of carbonyl (C=O) groups is 2. The highest BCUT2D eigenvalue weighted by Crippen LogP contribution is 2.18. The Kier molecular flexibility index (Phi) is 5.03. The van der Waals surface area contributed by atoms with Crippen LogP contribution in [-0.4, -0.2) is 40.8 Å². The normalized spacial score (nSPS) is 21.3. The van der Waals surface area contributed by atoms with Crippen molar-refractivity contribution in [2.75, 3.05) is 6.61 Å². The highest BCUT2D eigenvalue weighted by Gasteiger charge is 2.30. The molecule has 1 aromatic heterocycles. The van der Waals surface area contributed by atoms with Crippen LogP contribution in [0, 0.1) is 5.82 Å². The molecular weight excluding hydrogens is 363 g/mol. The molecule has 1 saturated heterocycles. The first-order valence-electron chi connectivity index (χ1n) is 8.97. The minimum atomic E-state index is -0.809. The van der Waals surface area contributed by atoms with E-state index in [2.05, 4.69) is 20.8 Å². The number of aromatic amines is 1.